The number of nitrogens with one attached hydrogen (secondary N) is 1. The molecule has 3 aromatic rings. The smallest absolute Gasteiger partial charge is 0.410 e. The Bertz CT molecular complexity index is 768. The van der Waals surface area contributed by atoms with Crippen molar-refractivity contribution < 1.29 is 9.53 Å². The number of benzene rings is 2. The minimum Gasteiger partial charge on any atom is -0.410 e. The average molecular weight is 298 g/mol. The third-order valence-electron chi connectivity index (χ3n) is 3.02. The SMILES string of the molecule is CCc1ccc2nc(NC(=O)Oc3ccccc3)sc2c1. The molecule has 0 aliphatic rings. The first-order valence-corrected chi connectivity index (χ1v) is 7.49. The maximum atomic E-state index is 11.8. The first-order chi connectivity index (χ1) is 10.2. The summed E-state index contributed by atoms with van der Waals surface area (Å²) in [6.45, 7) is 2.11. The number of aromatic nitrogens is 1. The predicted molar refractivity (Wildman–Crippen MR) is 85.1 cm³/mol. The molecule has 0 atom stereocenters. The van der Waals surface area contributed by atoms with Crippen molar-refractivity contribution in [3.63, 3.8) is 0 Å². The molecular formula is C16H14N2O2S. The van der Waals surface area contributed by atoms with Gasteiger partial charge in [-0.15, -0.1) is 0 Å². The van der Waals surface area contributed by atoms with Gasteiger partial charge in [0, 0.05) is 0 Å². The molecule has 0 bridgehead atoms. The number of hydrogen-bond acceptors (Lipinski definition) is 4. The van der Waals surface area contributed by atoms with E-state index >= 15 is 0 Å². The minimum absolute atomic E-state index is 0.504. The summed E-state index contributed by atoms with van der Waals surface area (Å²) in [4.78, 5) is 16.2. The molecule has 0 saturated heterocycles. The molecule has 5 heteroatoms. The molecule has 2 aromatic carbocycles. The molecule has 106 valence electrons. The summed E-state index contributed by atoms with van der Waals surface area (Å²) in [7, 11) is 0. The number of thiazole rings is 1. The Morgan fingerprint density at radius 2 is 2.05 bits per heavy atom. The van der Waals surface area contributed by atoms with E-state index in [0.29, 0.717) is 10.9 Å². The second-order valence-electron chi connectivity index (χ2n) is 4.50. The van der Waals surface area contributed by atoms with E-state index in [4.69, 9.17) is 4.74 Å². The lowest BCUT2D eigenvalue weighted by molar-refractivity contribution is 0.215. The van der Waals surface area contributed by atoms with Gasteiger partial charge in [0.25, 0.3) is 0 Å². The number of carbonyl (C=O) groups excluding carboxylic acids is 1. The maximum absolute atomic E-state index is 11.8. The summed E-state index contributed by atoms with van der Waals surface area (Å²) in [5.74, 6) is 0.504. The van der Waals surface area contributed by atoms with Crippen molar-refractivity contribution in [3.8, 4) is 5.75 Å². The van der Waals surface area contributed by atoms with Gasteiger partial charge in [-0.25, -0.2) is 9.78 Å². The van der Waals surface area contributed by atoms with Crippen LogP contribution in [0.25, 0.3) is 10.2 Å². The van der Waals surface area contributed by atoms with E-state index < -0.39 is 6.09 Å². The van der Waals surface area contributed by atoms with Gasteiger partial charge in [-0.3, -0.25) is 5.32 Å². The highest BCUT2D eigenvalue weighted by molar-refractivity contribution is 7.22. The molecule has 1 N–H and O–H groups in total. The number of carbonyl (C=O) groups is 1. The van der Waals surface area contributed by atoms with Gasteiger partial charge in [-0.05, 0) is 36.2 Å². The maximum Gasteiger partial charge on any atom is 0.418 e. The first kappa shape index (κ1) is 13.6. The monoisotopic (exact) mass is 298 g/mol. The Hall–Kier alpha value is -2.40. The zero-order valence-corrected chi connectivity index (χ0v) is 12.3. The van der Waals surface area contributed by atoms with Gasteiger partial charge >= 0.3 is 6.09 Å². The van der Waals surface area contributed by atoms with Crippen molar-refractivity contribution in [2.75, 3.05) is 5.32 Å². The molecule has 1 heterocycles. The van der Waals surface area contributed by atoms with Gasteiger partial charge in [0.1, 0.15) is 5.75 Å². The number of aryl methyl sites for hydroxylation is 1. The molecule has 0 aliphatic heterocycles. The van der Waals surface area contributed by atoms with Crippen LogP contribution in [0.2, 0.25) is 0 Å². The topological polar surface area (TPSA) is 51.2 Å². The average Bonchev–Trinajstić information content (AvgIpc) is 2.89. The molecule has 3 rings (SSSR count). The van der Waals surface area contributed by atoms with Crippen LogP contribution < -0.4 is 10.1 Å². The Balaban J connectivity index is 1.74. The van der Waals surface area contributed by atoms with E-state index in [1.54, 1.807) is 12.1 Å². The highest BCUT2D eigenvalue weighted by atomic mass is 32.1. The standard InChI is InChI=1S/C16H14N2O2S/c1-2-11-8-9-13-14(10-11)21-15(17-13)18-16(19)20-12-6-4-3-5-7-12/h3-10H,2H2,1H3,(H,17,18,19). The number of ether oxygens (including phenoxy) is 1. The Morgan fingerprint density at radius 1 is 1.24 bits per heavy atom. The van der Waals surface area contributed by atoms with Gasteiger partial charge in [-0.2, -0.15) is 0 Å². The van der Waals surface area contributed by atoms with Crippen molar-refractivity contribution >= 4 is 32.8 Å². The molecule has 21 heavy (non-hydrogen) atoms. The largest absolute Gasteiger partial charge is 0.418 e. The third kappa shape index (κ3) is 3.20. The molecule has 0 spiro atoms. The van der Waals surface area contributed by atoms with Gasteiger partial charge in [-0.1, -0.05) is 42.5 Å². The van der Waals surface area contributed by atoms with Crippen LogP contribution in [0.1, 0.15) is 12.5 Å². The molecular weight excluding hydrogens is 284 g/mol. The van der Waals surface area contributed by atoms with E-state index in [-0.39, 0.29) is 0 Å². The molecule has 1 amide bonds. The molecule has 0 aliphatic carbocycles. The summed E-state index contributed by atoms with van der Waals surface area (Å²) in [6, 6.07) is 15.1. The number of rotatable bonds is 3. The summed E-state index contributed by atoms with van der Waals surface area (Å²) >= 11 is 1.44. The fourth-order valence-electron chi connectivity index (χ4n) is 1.95. The fraction of sp³-hybridized carbons (Fsp3) is 0.125. The second-order valence-corrected chi connectivity index (χ2v) is 5.53. The summed E-state index contributed by atoms with van der Waals surface area (Å²) in [5.41, 5.74) is 2.14. The van der Waals surface area contributed by atoms with Crippen molar-refractivity contribution in [3.05, 3.63) is 54.1 Å². The number of amides is 1. The van der Waals surface area contributed by atoms with Crippen molar-refractivity contribution in [2.24, 2.45) is 0 Å². The zero-order valence-electron chi connectivity index (χ0n) is 11.5. The third-order valence-corrected chi connectivity index (χ3v) is 3.96. The second kappa shape index (κ2) is 5.93. The number of para-hydroxylation sites is 1. The van der Waals surface area contributed by atoms with Crippen LogP contribution in [0.5, 0.6) is 5.75 Å². The van der Waals surface area contributed by atoms with Gasteiger partial charge in [0.2, 0.25) is 0 Å². The molecule has 0 saturated carbocycles. The van der Waals surface area contributed by atoms with Crippen LogP contribution >= 0.6 is 11.3 Å². The van der Waals surface area contributed by atoms with E-state index in [9.17, 15) is 4.79 Å². The lowest BCUT2D eigenvalue weighted by Gasteiger charge is -2.03. The van der Waals surface area contributed by atoms with Crippen LogP contribution in [-0.4, -0.2) is 11.1 Å². The van der Waals surface area contributed by atoms with Crippen LogP contribution in [0, 0.1) is 0 Å². The van der Waals surface area contributed by atoms with E-state index in [2.05, 4.69) is 23.3 Å². The van der Waals surface area contributed by atoms with Crippen LogP contribution in [0.15, 0.2) is 48.5 Å². The summed E-state index contributed by atoms with van der Waals surface area (Å²) < 4.78 is 6.24. The number of nitrogens with zero attached hydrogens (tertiary/aromatic N) is 1. The van der Waals surface area contributed by atoms with Crippen molar-refractivity contribution in [2.45, 2.75) is 13.3 Å². The van der Waals surface area contributed by atoms with E-state index in [1.807, 2.05) is 30.3 Å². The highest BCUT2D eigenvalue weighted by Crippen LogP contribution is 2.27. The zero-order chi connectivity index (χ0) is 14.7. The summed E-state index contributed by atoms with van der Waals surface area (Å²) in [5, 5.41) is 3.20. The molecule has 1 aromatic heterocycles. The van der Waals surface area contributed by atoms with Crippen molar-refractivity contribution in [1.82, 2.24) is 4.98 Å². The van der Waals surface area contributed by atoms with Gasteiger partial charge in [0.15, 0.2) is 5.13 Å². The molecule has 0 fully saturated rings. The lowest BCUT2D eigenvalue weighted by Crippen LogP contribution is -2.16. The normalized spacial score (nSPS) is 10.5. The number of anilines is 1. The highest BCUT2D eigenvalue weighted by Gasteiger charge is 2.09. The Kier molecular flexibility index (Phi) is 3.83. The summed E-state index contributed by atoms with van der Waals surface area (Å²) in [6.07, 6.45) is 0.447. The van der Waals surface area contributed by atoms with E-state index in [1.165, 1.54) is 16.9 Å². The Morgan fingerprint density at radius 3 is 2.81 bits per heavy atom. The number of hydrogen-bond donors (Lipinski definition) is 1. The van der Waals surface area contributed by atoms with Gasteiger partial charge in [0.05, 0.1) is 10.2 Å². The van der Waals surface area contributed by atoms with Crippen LogP contribution in [0.3, 0.4) is 0 Å². The first-order valence-electron chi connectivity index (χ1n) is 6.68. The van der Waals surface area contributed by atoms with Crippen molar-refractivity contribution in [1.29, 1.82) is 0 Å². The molecule has 4 nitrogen and oxygen atoms in total. The van der Waals surface area contributed by atoms with Crippen LogP contribution in [-0.2, 0) is 6.42 Å². The quantitative estimate of drug-likeness (QED) is 0.776. The van der Waals surface area contributed by atoms with Crippen LogP contribution in [0.4, 0.5) is 9.93 Å². The van der Waals surface area contributed by atoms with E-state index in [0.717, 1.165) is 16.6 Å². The minimum atomic E-state index is -0.532. The Labute approximate surface area is 126 Å². The fourth-order valence-corrected chi connectivity index (χ4v) is 2.87. The lowest BCUT2D eigenvalue weighted by atomic mass is 10.2. The predicted octanol–water partition coefficient (Wildman–Crippen LogP) is 4.47. The molecule has 0 radical (unpaired) electrons. The number of fused-ring (bicyclic) bond motifs is 1. The molecule has 0 unspecified atom stereocenters. The van der Waals surface area contributed by atoms with Gasteiger partial charge < -0.3 is 4.74 Å².